The molecule has 0 fully saturated rings. The lowest BCUT2D eigenvalue weighted by Crippen LogP contribution is -1.97. The zero-order valence-electron chi connectivity index (χ0n) is 10.1. The smallest absolute Gasteiger partial charge is 0.0761 e. The van der Waals surface area contributed by atoms with Gasteiger partial charge >= 0.3 is 0 Å². The summed E-state index contributed by atoms with van der Waals surface area (Å²) in [4.78, 5) is 0. The third-order valence-electron chi connectivity index (χ3n) is 3.10. The van der Waals surface area contributed by atoms with Crippen molar-refractivity contribution >= 4 is 10.9 Å². The molecule has 0 aliphatic heterocycles. The van der Waals surface area contributed by atoms with Crippen LogP contribution in [-0.4, -0.2) is 14.9 Å². The lowest BCUT2D eigenvalue weighted by Gasteiger charge is -2.07. The van der Waals surface area contributed by atoms with Gasteiger partial charge in [-0.05, 0) is 30.7 Å². The van der Waals surface area contributed by atoms with E-state index in [4.69, 9.17) is 0 Å². The van der Waals surface area contributed by atoms with Gasteiger partial charge in [-0.2, -0.15) is 5.10 Å². The largest absolute Gasteiger partial charge is 0.389 e. The fourth-order valence-electron chi connectivity index (χ4n) is 2.07. The van der Waals surface area contributed by atoms with Crippen LogP contribution in [0.3, 0.4) is 0 Å². The van der Waals surface area contributed by atoms with E-state index in [-0.39, 0.29) is 0 Å². The number of benzene rings is 2. The number of fused-ring (bicyclic) bond motifs is 1. The fraction of sp³-hybridized carbons (Fsp3) is 0.133. The molecule has 0 radical (unpaired) electrons. The van der Waals surface area contributed by atoms with Crippen LogP contribution in [0.2, 0.25) is 0 Å². The zero-order valence-corrected chi connectivity index (χ0v) is 10.1. The van der Waals surface area contributed by atoms with Gasteiger partial charge in [0.2, 0.25) is 0 Å². The topological polar surface area (TPSA) is 38.0 Å². The molecule has 3 heteroatoms. The van der Waals surface area contributed by atoms with Crippen molar-refractivity contribution in [1.82, 2.24) is 9.78 Å². The zero-order chi connectivity index (χ0) is 12.5. The molecule has 2 aromatic carbocycles. The van der Waals surface area contributed by atoms with Gasteiger partial charge in [0.1, 0.15) is 0 Å². The first kappa shape index (κ1) is 11.0. The van der Waals surface area contributed by atoms with Crippen molar-refractivity contribution in [1.29, 1.82) is 0 Å². The summed E-state index contributed by atoms with van der Waals surface area (Å²) in [5.41, 5.74) is 3.00. The number of aliphatic hydroxyl groups is 1. The first-order chi connectivity index (χ1) is 8.75. The number of hydrogen-bond donors (Lipinski definition) is 1. The Morgan fingerprint density at radius 1 is 1.06 bits per heavy atom. The molecule has 0 aliphatic carbocycles. The van der Waals surface area contributed by atoms with E-state index in [1.807, 2.05) is 59.4 Å². The van der Waals surface area contributed by atoms with Gasteiger partial charge in [-0.25, -0.2) is 4.68 Å². The molecule has 0 unspecified atom stereocenters. The molecular formula is C15H14N2O. The van der Waals surface area contributed by atoms with Crippen molar-refractivity contribution in [2.45, 2.75) is 13.0 Å². The molecule has 0 amide bonds. The molecule has 0 saturated heterocycles. The molecule has 3 aromatic rings. The van der Waals surface area contributed by atoms with Crippen LogP contribution in [0, 0.1) is 0 Å². The number of hydrogen-bond acceptors (Lipinski definition) is 2. The van der Waals surface area contributed by atoms with Gasteiger partial charge in [-0.1, -0.05) is 30.3 Å². The van der Waals surface area contributed by atoms with E-state index >= 15 is 0 Å². The van der Waals surface area contributed by atoms with Gasteiger partial charge in [-0.3, -0.25) is 0 Å². The van der Waals surface area contributed by atoms with Crippen molar-refractivity contribution in [3.63, 3.8) is 0 Å². The first-order valence-electron chi connectivity index (χ1n) is 5.97. The molecule has 18 heavy (non-hydrogen) atoms. The van der Waals surface area contributed by atoms with E-state index in [1.54, 1.807) is 6.92 Å². The number of rotatable bonds is 2. The van der Waals surface area contributed by atoms with E-state index in [0.29, 0.717) is 0 Å². The van der Waals surface area contributed by atoms with Crippen molar-refractivity contribution in [2.24, 2.45) is 0 Å². The predicted octanol–water partition coefficient (Wildman–Crippen LogP) is 3.08. The molecule has 1 heterocycles. The van der Waals surface area contributed by atoms with Gasteiger partial charge in [0.25, 0.3) is 0 Å². The maximum Gasteiger partial charge on any atom is 0.0761 e. The molecule has 1 N–H and O–H groups in total. The van der Waals surface area contributed by atoms with Crippen LogP contribution in [0.25, 0.3) is 16.6 Å². The Morgan fingerprint density at radius 3 is 2.50 bits per heavy atom. The summed E-state index contributed by atoms with van der Waals surface area (Å²) >= 11 is 0. The van der Waals surface area contributed by atoms with Gasteiger partial charge in [0.15, 0.2) is 0 Å². The van der Waals surface area contributed by atoms with Gasteiger partial charge < -0.3 is 5.11 Å². The van der Waals surface area contributed by atoms with Crippen molar-refractivity contribution in [3.8, 4) is 5.69 Å². The SMILES string of the molecule is C[C@@H](O)c1ccc(-n2ncc3ccccc32)cc1. The molecule has 0 aliphatic rings. The van der Waals surface area contributed by atoms with Crippen LogP contribution in [-0.2, 0) is 0 Å². The number of aromatic nitrogens is 2. The summed E-state index contributed by atoms with van der Waals surface area (Å²) in [6.45, 7) is 1.76. The molecule has 90 valence electrons. The third kappa shape index (κ3) is 1.79. The number of aliphatic hydroxyl groups excluding tert-OH is 1. The number of para-hydroxylation sites is 1. The second-order valence-electron chi connectivity index (χ2n) is 4.38. The van der Waals surface area contributed by atoms with Gasteiger partial charge in [0.05, 0.1) is 23.5 Å². The first-order valence-corrected chi connectivity index (χ1v) is 5.97. The summed E-state index contributed by atoms with van der Waals surface area (Å²) < 4.78 is 1.90. The fourth-order valence-corrected chi connectivity index (χ4v) is 2.07. The summed E-state index contributed by atoms with van der Waals surface area (Å²) in [6.07, 6.45) is 1.42. The molecule has 0 saturated carbocycles. The third-order valence-corrected chi connectivity index (χ3v) is 3.10. The van der Waals surface area contributed by atoms with Crippen LogP contribution >= 0.6 is 0 Å². The summed E-state index contributed by atoms with van der Waals surface area (Å²) in [5, 5.41) is 15.0. The summed E-state index contributed by atoms with van der Waals surface area (Å²) in [7, 11) is 0. The Morgan fingerprint density at radius 2 is 1.78 bits per heavy atom. The summed E-state index contributed by atoms with van der Waals surface area (Å²) in [6, 6.07) is 15.9. The molecule has 1 atom stereocenters. The molecule has 0 spiro atoms. The Bertz CT molecular complexity index is 668. The molecule has 3 nitrogen and oxygen atoms in total. The van der Waals surface area contributed by atoms with Crippen LogP contribution in [0.5, 0.6) is 0 Å². The van der Waals surface area contributed by atoms with Crippen LogP contribution < -0.4 is 0 Å². The highest BCUT2D eigenvalue weighted by atomic mass is 16.3. The van der Waals surface area contributed by atoms with Crippen molar-refractivity contribution < 1.29 is 5.11 Å². The van der Waals surface area contributed by atoms with E-state index in [1.165, 1.54) is 0 Å². The highest BCUT2D eigenvalue weighted by Crippen LogP contribution is 2.19. The predicted molar refractivity (Wildman–Crippen MR) is 71.7 cm³/mol. The second-order valence-corrected chi connectivity index (χ2v) is 4.38. The van der Waals surface area contributed by atoms with E-state index < -0.39 is 6.10 Å². The Labute approximate surface area is 105 Å². The average Bonchev–Trinajstić information content (AvgIpc) is 2.82. The Kier molecular flexibility index (Phi) is 2.61. The molecule has 1 aromatic heterocycles. The van der Waals surface area contributed by atoms with E-state index in [0.717, 1.165) is 22.2 Å². The van der Waals surface area contributed by atoms with E-state index in [2.05, 4.69) is 5.10 Å². The minimum atomic E-state index is -0.437. The van der Waals surface area contributed by atoms with Crippen LogP contribution in [0.1, 0.15) is 18.6 Å². The molecular weight excluding hydrogens is 224 g/mol. The maximum atomic E-state index is 9.49. The molecule has 3 rings (SSSR count). The Hall–Kier alpha value is -2.13. The lowest BCUT2D eigenvalue weighted by atomic mass is 10.1. The number of nitrogens with zero attached hydrogens (tertiary/aromatic N) is 2. The van der Waals surface area contributed by atoms with Crippen LogP contribution in [0.4, 0.5) is 0 Å². The Balaban J connectivity index is 2.09. The summed E-state index contributed by atoms with van der Waals surface area (Å²) in [5.74, 6) is 0. The lowest BCUT2D eigenvalue weighted by molar-refractivity contribution is 0.199. The quantitative estimate of drug-likeness (QED) is 0.745. The van der Waals surface area contributed by atoms with Crippen LogP contribution in [0.15, 0.2) is 54.7 Å². The second kappa shape index (κ2) is 4.27. The highest BCUT2D eigenvalue weighted by Gasteiger charge is 2.05. The highest BCUT2D eigenvalue weighted by molar-refractivity contribution is 5.80. The monoisotopic (exact) mass is 238 g/mol. The standard InChI is InChI=1S/C15H14N2O/c1-11(18)12-6-8-14(9-7-12)17-15-5-3-2-4-13(15)10-16-17/h2-11,18H,1H3/t11-/m1/s1. The normalized spacial score (nSPS) is 12.8. The van der Waals surface area contributed by atoms with Crippen molar-refractivity contribution in [2.75, 3.05) is 0 Å². The van der Waals surface area contributed by atoms with Crippen molar-refractivity contribution in [3.05, 3.63) is 60.3 Å². The minimum Gasteiger partial charge on any atom is -0.389 e. The molecule has 0 bridgehead atoms. The van der Waals surface area contributed by atoms with E-state index in [9.17, 15) is 5.11 Å². The maximum absolute atomic E-state index is 9.49. The van der Waals surface area contributed by atoms with Gasteiger partial charge in [0, 0.05) is 5.39 Å². The van der Waals surface area contributed by atoms with Gasteiger partial charge in [-0.15, -0.1) is 0 Å². The minimum absolute atomic E-state index is 0.437. The average molecular weight is 238 g/mol.